The van der Waals surface area contributed by atoms with Crippen LogP contribution >= 0.6 is 0 Å². The summed E-state index contributed by atoms with van der Waals surface area (Å²) in [4.78, 5) is 21.7. The highest BCUT2D eigenvalue weighted by Gasteiger charge is 2.30. The van der Waals surface area contributed by atoms with Crippen LogP contribution in [0.4, 0.5) is 0 Å². The second-order valence-corrected chi connectivity index (χ2v) is 3.73. The van der Waals surface area contributed by atoms with Gasteiger partial charge in [0.1, 0.15) is 0 Å². The molecule has 6 nitrogen and oxygen atoms in total. The zero-order chi connectivity index (χ0) is 12.1. The standard InChI is InChI=1S/C9H18N2O4/c1-3-6(10)4-7(12)11-5-9(2,15)8(13)14/h6,15H,3-5,10H2,1-2H3,(H,11,12)(H,13,14). The van der Waals surface area contributed by atoms with Gasteiger partial charge in [0, 0.05) is 12.5 Å². The van der Waals surface area contributed by atoms with E-state index in [0.717, 1.165) is 6.92 Å². The number of nitrogens with two attached hydrogens (primary N) is 1. The number of carbonyl (C=O) groups is 2. The van der Waals surface area contributed by atoms with E-state index in [9.17, 15) is 14.7 Å². The van der Waals surface area contributed by atoms with Gasteiger partial charge in [-0.2, -0.15) is 0 Å². The zero-order valence-corrected chi connectivity index (χ0v) is 8.99. The van der Waals surface area contributed by atoms with Crippen molar-refractivity contribution in [1.29, 1.82) is 0 Å². The lowest BCUT2D eigenvalue weighted by atomic mass is 10.1. The molecule has 0 aromatic carbocycles. The first kappa shape index (κ1) is 13.9. The Hall–Kier alpha value is -1.14. The van der Waals surface area contributed by atoms with Gasteiger partial charge in [0.05, 0.1) is 6.54 Å². The summed E-state index contributed by atoms with van der Waals surface area (Å²) in [5, 5.41) is 20.2. The fourth-order valence-electron chi connectivity index (χ4n) is 0.801. The highest BCUT2D eigenvalue weighted by atomic mass is 16.4. The normalized spacial score (nSPS) is 16.5. The van der Waals surface area contributed by atoms with Crippen LogP contribution in [-0.4, -0.2) is 40.3 Å². The number of rotatable bonds is 6. The number of amides is 1. The van der Waals surface area contributed by atoms with Crippen molar-refractivity contribution in [2.24, 2.45) is 5.73 Å². The van der Waals surface area contributed by atoms with Gasteiger partial charge in [-0.25, -0.2) is 4.79 Å². The summed E-state index contributed by atoms with van der Waals surface area (Å²) in [6, 6.07) is -0.236. The van der Waals surface area contributed by atoms with Gasteiger partial charge < -0.3 is 21.3 Å². The lowest BCUT2D eigenvalue weighted by molar-refractivity contribution is -0.156. The van der Waals surface area contributed by atoms with Crippen LogP contribution < -0.4 is 11.1 Å². The van der Waals surface area contributed by atoms with Crippen LogP contribution in [0.25, 0.3) is 0 Å². The van der Waals surface area contributed by atoms with Crippen molar-refractivity contribution in [1.82, 2.24) is 5.32 Å². The molecule has 0 aliphatic rings. The van der Waals surface area contributed by atoms with E-state index in [1.807, 2.05) is 6.92 Å². The topological polar surface area (TPSA) is 113 Å². The van der Waals surface area contributed by atoms with Crippen molar-refractivity contribution >= 4 is 11.9 Å². The van der Waals surface area contributed by atoms with E-state index in [0.29, 0.717) is 6.42 Å². The molecule has 0 heterocycles. The number of hydrogen-bond acceptors (Lipinski definition) is 4. The highest BCUT2D eigenvalue weighted by Crippen LogP contribution is 2.01. The largest absolute Gasteiger partial charge is 0.479 e. The molecule has 0 aliphatic heterocycles. The molecule has 0 saturated heterocycles. The predicted molar refractivity (Wildman–Crippen MR) is 54.2 cm³/mol. The number of nitrogens with one attached hydrogen (secondary N) is 1. The minimum Gasteiger partial charge on any atom is -0.479 e. The minimum absolute atomic E-state index is 0.131. The number of aliphatic carboxylic acids is 1. The molecule has 0 fully saturated rings. The van der Waals surface area contributed by atoms with E-state index in [1.54, 1.807) is 0 Å². The number of aliphatic hydroxyl groups is 1. The SMILES string of the molecule is CCC(N)CC(=O)NCC(C)(O)C(=O)O. The lowest BCUT2D eigenvalue weighted by Gasteiger charge is -2.18. The fourth-order valence-corrected chi connectivity index (χ4v) is 0.801. The molecule has 5 N–H and O–H groups in total. The van der Waals surface area contributed by atoms with Crippen molar-refractivity contribution in [2.45, 2.75) is 38.3 Å². The second kappa shape index (κ2) is 5.67. The maximum atomic E-state index is 11.2. The zero-order valence-electron chi connectivity index (χ0n) is 8.99. The van der Waals surface area contributed by atoms with E-state index in [2.05, 4.69) is 5.32 Å². The molecular weight excluding hydrogens is 200 g/mol. The van der Waals surface area contributed by atoms with Crippen molar-refractivity contribution in [3.8, 4) is 0 Å². The van der Waals surface area contributed by atoms with Gasteiger partial charge in [-0.05, 0) is 13.3 Å². The number of carbonyl (C=O) groups excluding carboxylic acids is 1. The van der Waals surface area contributed by atoms with E-state index < -0.39 is 11.6 Å². The van der Waals surface area contributed by atoms with E-state index in [-0.39, 0.29) is 24.9 Å². The van der Waals surface area contributed by atoms with Crippen LogP contribution in [0.5, 0.6) is 0 Å². The molecular formula is C9H18N2O4. The van der Waals surface area contributed by atoms with Crippen molar-refractivity contribution < 1.29 is 19.8 Å². The average molecular weight is 218 g/mol. The molecule has 0 aromatic heterocycles. The third-order valence-corrected chi connectivity index (χ3v) is 2.06. The van der Waals surface area contributed by atoms with Crippen molar-refractivity contribution in [3.63, 3.8) is 0 Å². The molecule has 2 atom stereocenters. The highest BCUT2D eigenvalue weighted by molar-refractivity contribution is 5.80. The Labute approximate surface area is 88.5 Å². The summed E-state index contributed by atoms with van der Waals surface area (Å²) in [6.07, 6.45) is 0.801. The van der Waals surface area contributed by atoms with Gasteiger partial charge in [0.25, 0.3) is 0 Å². The Morgan fingerprint density at radius 1 is 1.53 bits per heavy atom. The van der Waals surface area contributed by atoms with Crippen LogP contribution in [-0.2, 0) is 9.59 Å². The molecule has 0 bridgehead atoms. The van der Waals surface area contributed by atoms with Gasteiger partial charge in [-0.15, -0.1) is 0 Å². The van der Waals surface area contributed by atoms with Gasteiger partial charge in [0.15, 0.2) is 5.60 Å². The Balaban J connectivity index is 3.96. The molecule has 0 radical (unpaired) electrons. The first-order chi connectivity index (χ1) is 6.79. The summed E-state index contributed by atoms with van der Waals surface area (Å²) in [6.45, 7) is 2.65. The summed E-state index contributed by atoms with van der Waals surface area (Å²) >= 11 is 0. The van der Waals surface area contributed by atoms with E-state index in [4.69, 9.17) is 10.8 Å². The second-order valence-electron chi connectivity index (χ2n) is 3.73. The maximum absolute atomic E-state index is 11.2. The first-order valence-corrected chi connectivity index (χ1v) is 4.77. The summed E-state index contributed by atoms with van der Waals surface area (Å²) < 4.78 is 0. The third-order valence-electron chi connectivity index (χ3n) is 2.06. The first-order valence-electron chi connectivity index (χ1n) is 4.77. The van der Waals surface area contributed by atoms with Gasteiger partial charge in [-0.3, -0.25) is 4.79 Å². The number of hydrogen-bond donors (Lipinski definition) is 4. The van der Waals surface area contributed by atoms with Crippen LogP contribution in [0, 0.1) is 0 Å². The molecule has 0 saturated carbocycles. The molecule has 6 heteroatoms. The maximum Gasteiger partial charge on any atom is 0.337 e. The Morgan fingerprint density at radius 3 is 2.47 bits per heavy atom. The number of carboxylic acid groups (broad SMARTS) is 1. The van der Waals surface area contributed by atoms with Gasteiger partial charge in [0.2, 0.25) is 5.91 Å². The van der Waals surface area contributed by atoms with E-state index in [1.165, 1.54) is 0 Å². The van der Waals surface area contributed by atoms with Crippen LogP contribution in [0.15, 0.2) is 0 Å². The molecule has 2 unspecified atom stereocenters. The van der Waals surface area contributed by atoms with Gasteiger partial charge >= 0.3 is 5.97 Å². The van der Waals surface area contributed by atoms with E-state index >= 15 is 0 Å². The fraction of sp³-hybridized carbons (Fsp3) is 0.778. The quantitative estimate of drug-likeness (QED) is 0.460. The molecule has 88 valence electrons. The van der Waals surface area contributed by atoms with Crippen LogP contribution in [0.2, 0.25) is 0 Å². The summed E-state index contributed by atoms with van der Waals surface area (Å²) in [7, 11) is 0. The monoisotopic (exact) mass is 218 g/mol. The summed E-state index contributed by atoms with van der Waals surface area (Å²) in [5.41, 5.74) is 3.59. The van der Waals surface area contributed by atoms with Crippen LogP contribution in [0.1, 0.15) is 26.7 Å². The predicted octanol–water partition coefficient (Wildman–Crippen LogP) is -0.934. The molecule has 0 spiro atoms. The van der Waals surface area contributed by atoms with Gasteiger partial charge in [-0.1, -0.05) is 6.92 Å². The molecule has 0 aliphatic carbocycles. The molecule has 1 amide bonds. The molecule has 0 rings (SSSR count). The third kappa shape index (κ3) is 5.34. The smallest absolute Gasteiger partial charge is 0.337 e. The Morgan fingerprint density at radius 2 is 2.07 bits per heavy atom. The van der Waals surface area contributed by atoms with Crippen LogP contribution in [0.3, 0.4) is 0 Å². The average Bonchev–Trinajstić information content (AvgIpc) is 2.14. The lowest BCUT2D eigenvalue weighted by Crippen LogP contribution is -2.47. The minimum atomic E-state index is -1.94. The number of carboxylic acids is 1. The summed E-state index contributed by atoms with van der Waals surface area (Å²) in [5.74, 6) is -1.73. The molecule has 15 heavy (non-hydrogen) atoms. The van der Waals surface area contributed by atoms with Crippen molar-refractivity contribution in [3.05, 3.63) is 0 Å². The Kier molecular flexibility index (Phi) is 5.24. The molecule has 0 aromatic rings. The Bertz CT molecular complexity index is 240. The van der Waals surface area contributed by atoms with Crippen molar-refractivity contribution in [2.75, 3.05) is 6.54 Å².